The smallest absolute Gasteiger partial charge is 0.0577 e. The quantitative estimate of drug-likeness (QED) is 0.489. The molecule has 1 heteroatoms. The second kappa shape index (κ2) is 7.85. The molecule has 4 aliphatic carbocycles. The lowest BCUT2D eigenvalue weighted by molar-refractivity contribution is -0.0540. The number of aliphatic hydroxyl groups excluding tert-OH is 1. The van der Waals surface area contributed by atoms with Gasteiger partial charge in [0.25, 0.3) is 0 Å². The Kier molecular flexibility index (Phi) is 5.86. The second-order valence-corrected chi connectivity index (χ2v) is 12.2. The molecule has 0 aliphatic heterocycles. The number of rotatable bonds is 4. The lowest BCUT2D eigenvalue weighted by Gasteiger charge is -2.58. The van der Waals surface area contributed by atoms with Crippen molar-refractivity contribution in [2.45, 2.75) is 99.0 Å². The number of fused-ring (bicyclic) bond motifs is 5. The zero-order valence-corrected chi connectivity index (χ0v) is 20.0. The van der Waals surface area contributed by atoms with Gasteiger partial charge in [0.1, 0.15) is 0 Å². The summed E-state index contributed by atoms with van der Waals surface area (Å²) in [7, 11) is 0. The molecule has 9 atom stereocenters. The van der Waals surface area contributed by atoms with Crippen molar-refractivity contribution in [2.75, 3.05) is 0 Å². The summed E-state index contributed by atoms with van der Waals surface area (Å²) in [6.45, 7) is 14.7. The second-order valence-electron chi connectivity index (χ2n) is 12.2. The Labute approximate surface area is 180 Å². The molecule has 0 aromatic rings. The van der Waals surface area contributed by atoms with Crippen LogP contribution < -0.4 is 0 Å². The zero-order chi connectivity index (χ0) is 21.0. The van der Waals surface area contributed by atoms with Gasteiger partial charge in [-0.15, -0.1) is 0 Å². The van der Waals surface area contributed by atoms with Crippen molar-refractivity contribution in [3.05, 3.63) is 23.8 Å². The fourth-order valence-electron chi connectivity index (χ4n) is 8.25. The summed E-state index contributed by atoms with van der Waals surface area (Å²) in [5.41, 5.74) is 2.51. The van der Waals surface area contributed by atoms with Crippen LogP contribution in [0.15, 0.2) is 23.8 Å². The Morgan fingerprint density at radius 3 is 2.45 bits per heavy atom. The summed E-state index contributed by atoms with van der Waals surface area (Å²) in [6, 6.07) is 0. The van der Waals surface area contributed by atoms with E-state index >= 15 is 0 Å². The molecule has 1 N–H and O–H groups in total. The van der Waals surface area contributed by atoms with Crippen LogP contribution in [0.3, 0.4) is 0 Å². The average Bonchev–Trinajstić information content (AvgIpc) is 3.03. The molecule has 0 amide bonds. The maximum absolute atomic E-state index is 10.2. The Morgan fingerprint density at radius 1 is 0.966 bits per heavy atom. The van der Waals surface area contributed by atoms with Crippen LogP contribution in [0.4, 0.5) is 0 Å². The van der Waals surface area contributed by atoms with E-state index in [1.54, 1.807) is 5.57 Å². The van der Waals surface area contributed by atoms with E-state index in [2.05, 4.69) is 59.8 Å². The lowest BCUT2D eigenvalue weighted by atomic mass is 9.47. The number of aliphatic hydroxyl groups is 1. The lowest BCUT2D eigenvalue weighted by Crippen LogP contribution is -2.50. The van der Waals surface area contributed by atoms with Crippen LogP contribution in [0.25, 0.3) is 0 Å². The Bertz CT molecular complexity index is 659. The predicted octanol–water partition coefficient (Wildman–Crippen LogP) is 7.41. The fraction of sp³-hybridized carbons (Fsp3) is 0.857. The maximum atomic E-state index is 10.2. The first-order valence-electron chi connectivity index (χ1n) is 12.7. The van der Waals surface area contributed by atoms with Crippen LogP contribution >= 0.6 is 0 Å². The van der Waals surface area contributed by atoms with Crippen LogP contribution in [0.2, 0.25) is 0 Å². The van der Waals surface area contributed by atoms with Gasteiger partial charge in [-0.3, -0.25) is 0 Å². The molecule has 3 fully saturated rings. The highest BCUT2D eigenvalue weighted by atomic mass is 16.3. The molecule has 4 rings (SSSR count). The highest BCUT2D eigenvalue weighted by Gasteiger charge is 2.58. The molecule has 3 saturated carbocycles. The summed E-state index contributed by atoms with van der Waals surface area (Å²) in [6.07, 6.45) is 17.7. The predicted molar refractivity (Wildman–Crippen MR) is 124 cm³/mol. The molecule has 0 unspecified atom stereocenters. The third kappa shape index (κ3) is 3.58. The van der Waals surface area contributed by atoms with Crippen LogP contribution in [-0.4, -0.2) is 11.2 Å². The Hall–Kier alpha value is -0.560. The van der Waals surface area contributed by atoms with E-state index in [-0.39, 0.29) is 6.10 Å². The first-order valence-corrected chi connectivity index (χ1v) is 12.7. The third-order valence-electron chi connectivity index (χ3n) is 10.6. The van der Waals surface area contributed by atoms with Gasteiger partial charge in [-0.1, -0.05) is 65.3 Å². The Balaban J connectivity index is 1.53. The van der Waals surface area contributed by atoms with E-state index in [4.69, 9.17) is 0 Å². The molecule has 0 bridgehead atoms. The van der Waals surface area contributed by atoms with Crippen molar-refractivity contribution < 1.29 is 5.11 Å². The average molecular weight is 399 g/mol. The molecule has 0 aromatic heterocycles. The van der Waals surface area contributed by atoms with E-state index in [0.29, 0.717) is 22.7 Å². The number of hydrogen-bond acceptors (Lipinski definition) is 1. The van der Waals surface area contributed by atoms with E-state index in [1.165, 1.54) is 38.5 Å². The van der Waals surface area contributed by atoms with E-state index in [9.17, 15) is 5.11 Å². The van der Waals surface area contributed by atoms with Crippen molar-refractivity contribution >= 4 is 0 Å². The minimum absolute atomic E-state index is 0.0866. The molecule has 0 radical (unpaired) electrons. The standard InChI is InChI=1S/C28H46O/c1-18(2)19(3)7-8-20(4)24-11-12-25-23-10-9-21-17-22(29)13-15-27(21,5)26(23)14-16-28(24,25)6/h7-9,18-20,22-26,29H,10-17H2,1-6H3/b8-7+/t19-,20-,22+,23+,24-,25+,26-,27+,28-/m1/s1. The highest BCUT2D eigenvalue weighted by Crippen LogP contribution is 2.67. The van der Waals surface area contributed by atoms with E-state index < -0.39 is 0 Å². The van der Waals surface area contributed by atoms with Gasteiger partial charge in [-0.05, 0) is 104 Å². The highest BCUT2D eigenvalue weighted by molar-refractivity contribution is 5.25. The van der Waals surface area contributed by atoms with Crippen LogP contribution in [-0.2, 0) is 0 Å². The first-order chi connectivity index (χ1) is 13.7. The molecular weight excluding hydrogens is 352 g/mol. The molecule has 0 heterocycles. The maximum Gasteiger partial charge on any atom is 0.0577 e. The topological polar surface area (TPSA) is 20.2 Å². The van der Waals surface area contributed by atoms with Gasteiger partial charge < -0.3 is 5.11 Å². The van der Waals surface area contributed by atoms with Crippen LogP contribution in [0.1, 0.15) is 92.9 Å². The molecule has 0 spiro atoms. The van der Waals surface area contributed by atoms with Gasteiger partial charge in [0.15, 0.2) is 0 Å². The third-order valence-corrected chi connectivity index (χ3v) is 10.6. The van der Waals surface area contributed by atoms with Gasteiger partial charge in [0.05, 0.1) is 6.10 Å². The monoisotopic (exact) mass is 398 g/mol. The summed E-state index contributed by atoms with van der Waals surface area (Å²) in [5.74, 6) is 5.63. The molecular formula is C28H46O. The van der Waals surface area contributed by atoms with Gasteiger partial charge >= 0.3 is 0 Å². The summed E-state index contributed by atoms with van der Waals surface area (Å²) in [4.78, 5) is 0. The van der Waals surface area contributed by atoms with Crippen LogP contribution in [0, 0.1) is 52.3 Å². The first kappa shape index (κ1) is 21.7. The van der Waals surface area contributed by atoms with Gasteiger partial charge in [0, 0.05) is 0 Å². The summed E-state index contributed by atoms with van der Waals surface area (Å²) in [5, 5.41) is 10.2. The summed E-state index contributed by atoms with van der Waals surface area (Å²) < 4.78 is 0. The molecule has 4 aliphatic rings. The van der Waals surface area contributed by atoms with Gasteiger partial charge in [-0.25, -0.2) is 0 Å². The van der Waals surface area contributed by atoms with Crippen molar-refractivity contribution in [3.8, 4) is 0 Å². The Morgan fingerprint density at radius 2 is 1.72 bits per heavy atom. The number of allylic oxidation sites excluding steroid dienone is 3. The largest absolute Gasteiger partial charge is 0.393 e. The molecule has 0 saturated heterocycles. The van der Waals surface area contributed by atoms with Crippen molar-refractivity contribution in [2.24, 2.45) is 52.3 Å². The molecule has 0 aromatic carbocycles. The van der Waals surface area contributed by atoms with Crippen molar-refractivity contribution in [1.29, 1.82) is 0 Å². The summed E-state index contributed by atoms with van der Waals surface area (Å²) >= 11 is 0. The van der Waals surface area contributed by atoms with E-state index in [1.807, 2.05) is 0 Å². The fourth-order valence-corrected chi connectivity index (χ4v) is 8.25. The zero-order valence-electron chi connectivity index (χ0n) is 20.0. The van der Waals surface area contributed by atoms with Crippen molar-refractivity contribution in [1.82, 2.24) is 0 Å². The molecule has 164 valence electrons. The minimum atomic E-state index is -0.0866. The van der Waals surface area contributed by atoms with Gasteiger partial charge in [-0.2, -0.15) is 0 Å². The number of hydrogen-bond donors (Lipinski definition) is 1. The normalized spacial score (nSPS) is 46.8. The van der Waals surface area contributed by atoms with E-state index in [0.717, 1.165) is 42.4 Å². The van der Waals surface area contributed by atoms with Crippen LogP contribution in [0.5, 0.6) is 0 Å². The van der Waals surface area contributed by atoms with Crippen molar-refractivity contribution in [3.63, 3.8) is 0 Å². The minimum Gasteiger partial charge on any atom is -0.393 e. The molecule has 1 nitrogen and oxygen atoms in total. The van der Waals surface area contributed by atoms with Gasteiger partial charge in [0.2, 0.25) is 0 Å². The molecule has 29 heavy (non-hydrogen) atoms. The SMILES string of the molecule is CC(C)[C@H](C)/C=C/[C@@H](C)[C@H]1CC[C@H]2[C@@H]3CC=C4C[C@@H](O)CC[C@]4(C)[C@@H]3CC[C@]12C.